The van der Waals surface area contributed by atoms with Crippen LogP contribution in [0.15, 0.2) is 24.3 Å². The summed E-state index contributed by atoms with van der Waals surface area (Å²) in [4.78, 5) is 11.4. The van der Waals surface area contributed by atoms with Crippen molar-refractivity contribution in [2.45, 2.75) is 12.6 Å². The Balaban J connectivity index is 2.48. The highest BCUT2D eigenvalue weighted by atomic mass is 19.4. The van der Waals surface area contributed by atoms with Gasteiger partial charge in [0.1, 0.15) is 0 Å². The normalized spacial score (nSPS) is 11.2. The molecule has 0 atom stereocenters. The Morgan fingerprint density at radius 3 is 2.65 bits per heavy atom. The minimum atomic E-state index is -4.45. The standard InChI is InChI=1S/C13H17F3N2O2/c1-20-8-4-7-17-12(19)9-18-11-6-3-2-5-10(11)13(14,15)16/h2-3,5-6,18H,4,7-9H2,1H3,(H,17,19). The fraction of sp³-hybridized carbons (Fsp3) is 0.462. The molecule has 0 aliphatic carbocycles. The summed E-state index contributed by atoms with van der Waals surface area (Å²) in [6.07, 6.45) is -3.79. The minimum absolute atomic E-state index is 0.105. The summed E-state index contributed by atoms with van der Waals surface area (Å²) in [5, 5.41) is 5.08. The van der Waals surface area contributed by atoms with Crippen molar-refractivity contribution >= 4 is 11.6 Å². The van der Waals surface area contributed by atoms with Gasteiger partial charge in [-0.05, 0) is 18.6 Å². The smallest absolute Gasteiger partial charge is 0.385 e. The zero-order valence-electron chi connectivity index (χ0n) is 11.1. The Kier molecular flexibility index (Phi) is 6.30. The van der Waals surface area contributed by atoms with Crippen molar-refractivity contribution < 1.29 is 22.7 Å². The molecule has 2 N–H and O–H groups in total. The van der Waals surface area contributed by atoms with Crippen LogP contribution in [-0.2, 0) is 15.7 Å². The number of methoxy groups -OCH3 is 1. The highest BCUT2D eigenvalue weighted by Crippen LogP contribution is 2.34. The molecule has 1 aromatic rings. The molecule has 0 fully saturated rings. The number of amides is 1. The number of benzene rings is 1. The average molecular weight is 290 g/mol. The lowest BCUT2D eigenvalue weighted by molar-refractivity contribution is -0.137. The first-order chi connectivity index (χ1) is 9.45. The predicted molar refractivity (Wildman–Crippen MR) is 69.4 cm³/mol. The van der Waals surface area contributed by atoms with E-state index in [0.29, 0.717) is 19.6 Å². The summed E-state index contributed by atoms with van der Waals surface area (Å²) in [7, 11) is 1.55. The Bertz CT molecular complexity index is 436. The third-order valence-electron chi connectivity index (χ3n) is 2.52. The molecular weight excluding hydrogens is 273 g/mol. The molecule has 1 amide bonds. The molecule has 0 unspecified atom stereocenters. The first-order valence-corrected chi connectivity index (χ1v) is 6.11. The molecule has 0 saturated heterocycles. The second-order valence-corrected chi connectivity index (χ2v) is 4.09. The summed E-state index contributed by atoms with van der Waals surface area (Å²) >= 11 is 0. The Morgan fingerprint density at radius 1 is 1.30 bits per heavy atom. The van der Waals surface area contributed by atoms with Gasteiger partial charge in [0.2, 0.25) is 5.91 Å². The van der Waals surface area contributed by atoms with Crippen molar-refractivity contribution in [1.29, 1.82) is 0 Å². The fourth-order valence-electron chi connectivity index (χ4n) is 1.57. The first kappa shape index (κ1) is 16.3. The monoisotopic (exact) mass is 290 g/mol. The van der Waals surface area contributed by atoms with Gasteiger partial charge in [0.05, 0.1) is 12.1 Å². The van der Waals surface area contributed by atoms with Crippen LogP contribution in [0.4, 0.5) is 18.9 Å². The molecule has 112 valence electrons. The molecule has 7 heteroatoms. The van der Waals surface area contributed by atoms with Gasteiger partial charge in [-0.25, -0.2) is 0 Å². The highest BCUT2D eigenvalue weighted by molar-refractivity contribution is 5.80. The van der Waals surface area contributed by atoms with Crippen LogP contribution in [0.1, 0.15) is 12.0 Å². The third kappa shape index (κ3) is 5.48. The van der Waals surface area contributed by atoms with Crippen molar-refractivity contribution in [1.82, 2.24) is 5.32 Å². The van der Waals surface area contributed by atoms with E-state index in [-0.39, 0.29) is 18.1 Å². The van der Waals surface area contributed by atoms with E-state index in [2.05, 4.69) is 10.6 Å². The predicted octanol–water partition coefficient (Wildman–Crippen LogP) is 2.27. The third-order valence-corrected chi connectivity index (χ3v) is 2.52. The van der Waals surface area contributed by atoms with Crippen LogP contribution in [-0.4, -0.2) is 32.7 Å². The molecule has 0 aromatic heterocycles. The van der Waals surface area contributed by atoms with Crippen LogP contribution in [0.5, 0.6) is 0 Å². The lowest BCUT2D eigenvalue weighted by atomic mass is 10.1. The Labute approximate surface area is 115 Å². The van der Waals surface area contributed by atoms with E-state index in [4.69, 9.17) is 4.74 Å². The van der Waals surface area contributed by atoms with Crippen LogP contribution in [0.25, 0.3) is 0 Å². The number of carbonyl (C=O) groups is 1. The molecule has 0 bridgehead atoms. The van der Waals surface area contributed by atoms with Crippen molar-refractivity contribution in [3.8, 4) is 0 Å². The molecular formula is C13H17F3N2O2. The van der Waals surface area contributed by atoms with Crippen LogP contribution in [0.3, 0.4) is 0 Å². The summed E-state index contributed by atoms with van der Waals surface area (Å²) in [6.45, 7) is 0.736. The van der Waals surface area contributed by atoms with Crippen molar-refractivity contribution in [3.05, 3.63) is 29.8 Å². The average Bonchev–Trinajstić information content (AvgIpc) is 2.40. The number of nitrogens with one attached hydrogen (secondary N) is 2. The van der Waals surface area contributed by atoms with Crippen molar-refractivity contribution in [2.24, 2.45) is 0 Å². The van der Waals surface area contributed by atoms with Crippen LogP contribution in [0.2, 0.25) is 0 Å². The van der Waals surface area contributed by atoms with Gasteiger partial charge < -0.3 is 15.4 Å². The number of halogens is 3. The van der Waals surface area contributed by atoms with Gasteiger partial charge >= 0.3 is 6.18 Å². The number of anilines is 1. The maximum absolute atomic E-state index is 12.7. The molecule has 0 spiro atoms. The second kappa shape index (κ2) is 7.74. The molecule has 1 rings (SSSR count). The van der Waals surface area contributed by atoms with Gasteiger partial charge in [-0.3, -0.25) is 4.79 Å². The van der Waals surface area contributed by atoms with Crippen molar-refractivity contribution in [2.75, 3.05) is 32.1 Å². The number of ether oxygens (including phenoxy) is 1. The number of carbonyl (C=O) groups excluding carboxylic acids is 1. The van der Waals surface area contributed by atoms with Gasteiger partial charge in [-0.15, -0.1) is 0 Å². The largest absolute Gasteiger partial charge is 0.418 e. The number of hydrogen-bond acceptors (Lipinski definition) is 3. The summed E-state index contributed by atoms with van der Waals surface area (Å²) in [5.74, 6) is -0.363. The maximum atomic E-state index is 12.7. The van der Waals surface area contributed by atoms with E-state index in [9.17, 15) is 18.0 Å². The fourth-order valence-corrected chi connectivity index (χ4v) is 1.57. The number of para-hydroxylation sites is 1. The molecule has 0 radical (unpaired) electrons. The molecule has 20 heavy (non-hydrogen) atoms. The lowest BCUT2D eigenvalue weighted by Gasteiger charge is -2.14. The van der Waals surface area contributed by atoms with E-state index in [1.54, 1.807) is 7.11 Å². The SMILES string of the molecule is COCCCNC(=O)CNc1ccccc1C(F)(F)F. The van der Waals surface area contributed by atoms with Gasteiger partial charge in [-0.1, -0.05) is 12.1 Å². The van der Waals surface area contributed by atoms with Crippen LogP contribution in [0, 0.1) is 0 Å². The topological polar surface area (TPSA) is 50.4 Å². The molecule has 0 aliphatic heterocycles. The van der Waals surface area contributed by atoms with E-state index >= 15 is 0 Å². The van der Waals surface area contributed by atoms with E-state index < -0.39 is 11.7 Å². The van der Waals surface area contributed by atoms with Gasteiger partial charge in [0.15, 0.2) is 0 Å². The van der Waals surface area contributed by atoms with Gasteiger partial charge in [-0.2, -0.15) is 13.2 Å². The molecule has 0 heterocycles. The Hall–Kier alpha value is -1.76. The number of rotatable bonds is 7. The summed E-state index contributed by atoms with van der Waals surface area (Å²) < 4.78 is 42.9. The zero-order valence-corrected chi connectivity index (χ0v) is 11.1. The maximum Gasteiger partial charge on any atom is 0.418 e. The quantitative estimate of drug-likeness (QED) is 0.757. The Morgan fingerprint density at radius 2 is 2.00 bits per heavy atom. The minimum Gasteiger partial charge on any atom is -0.385 e. The second-order valence-electron chi connectivity index (χ2n) is 4.09. The van der Waals surface area contributed by atoms with E-state index in [0.717, 1.165) is 6.07 Å². The summed E-state index contributed by atoms with van der Waals surface area (Å²) in [5.41, 5.74) is -0.890. The van der Waals surface area contributed by atoms with Crippen LogP contribution >= 0.6 is 0 Å². The lowest BCUT2D eigenvalue weighted by Crippen LogP contribution is -2.31. The number of hydrogen-bond donors (Lipinski definition) is 2. The molecule has 1 aromatic carbocycles. The first-order valence-electron chi connectivity index (χ1n) is 6.11. The zero-order chi connectivity index (χ0) is 15.0. The van der Waals surface area contributed by atoms with E-state index in [1.807, 2.05) is 0 Å². The highest BCUT2D eigenvalue weighted by Gasteiger charge is 2.33. The van der Waals surface area contributed by atoms with Gasteiger partial charge in [0, 0.05) is 25.9 Å². The van der Waals surface area contributed by atoms with Gasteiger partial charge in [0.25, 0.3) is 0 Å². The van der Waals surface area contributed by atoms with Crippen LogP contribution < -0.4 is 10.6 Å². The molecule has 0 aliphatic rings. The molecule has 4 nitrogen and oxygen atoms in total. The van der Waals surface area contributed by atoms with Crippen molar-refractivity contribution in [3.63, 3.8) is 0 Å². The number of alkyl halides is 3. The van der Waals surface area contributed by atoms with E-state index in [1.165, 1.54) is 18.2 Å². The summed E-state index contributed by atoms with van der Waals surface area (Å²) in [6, 6.07) is 5.05. The molecule has 0 saturated carbocycles.